The van der Waals surface area contributed by atoms with Gasteiger partial charge in [0.15, 0.2) is 0 Å². The number of aliphatic hydroxyl groups is 2. The van der Waals surface area contributed by atoms with Crippen molar-refractivity contribution in [2.45, 2.75) is 32.3 Å². The Morgan fingerprint density at radius 2 is 2.06 bits per heavy atom. The van der Waals surface area contributed by atoms with E-state index in [9.17, 15) is 5.11 Å². The van der Waals surface area contributed by atoms with Crippen molar-refractivity contribution in [2.24, 2.45) is 0 Å². The van der Waals surface area contributed by atoms with E-state index in [2.05, 4.69) is 6.92 Å². The molecule has 0 saturated carbocycles. The number of benzene rings is 1. The number of ether oxygens (including phenoxy) is 1. The molecule has 0 aromatic heterocycles. The number of aliphatic hydroxyl groups excluding tert-OH is 2. The van der Waals surface area contributed by atoms with Crippen LogP contribution in [-0.4, -0.2) is 29.5 Å². The fourth-order valence-corrected chi connectivity index (χ4v) is 1.46. The largest absolute Gasteiger partial charge is 0.493 e. The van der Waals surface area contributed by atoms with Gasteiger partial charge in [-0.05, 0) is 18.1 Å². The summed E-state index contributed by atoms with van der Waals surface area (Å²) >= 11 is 0. The molecule has 1 aromatic rings. The summed E-state index contributed by atoms with van der Waals surface area (Å²) < 4.78 is 5.63. The molecule has 0 aliphatic rings. The topological polar surface area (TPSA) is 49.7 Å². The number of hydrogen-bond acceptors (Lipinski definition) is 3. The minimum Gasteiger partial charge on any atom is -0.493 e. The number of hydrogen-bond donors (Lipinski definition) is 2. The van der Waals surface area contributed by atoms with E-state index in [1.54, 1.807) is 0 Å². The van der Waals surface area contributed by atoms with Crippen LogP contribution in [0.3, 0.4) is 0 Å². The first-order valence-corrected chi connectivity index (χ1v) is 5.77. The van der Waals surface area contributed by atoms with Crippen LogP contribution in [0.1, 0.15) is 25.3 Å². The van der Waals surface area contributed by atoms with E-state index in [0.717, 1.165) is 24.2 Å². The van der Waals surface area contributed by atoms with E-state index in [4.69, 9.17) is 9.84 Å². The Labute approximate surface area is 96.7 Å². The molecule has 16 heavy (non-hydrogen) atoms. The van der Waals surface area contributed by atoms with Crippen molar-refractivity contribution in [1.29, 1.82) is 0 Å². The molecule has 3 heteroatoms. The lowest BCUT2D eigenvalue weighted by Gasteiger charge is -2.13. The first-order chi connectivity index (χ1) is 7.77. The lowest BCUT2D eigenvalue weighted by molar-refractivity contribution is 0.0948. The predicted octanol–water partition coefficient (Wildman–Crippen LogP) is 1.76. The van der Waals surface area contributed by atoms with E-state index in [-0.39, 0.29) is 6.61 Å². The molecule has 0 fully saturated rings. The van der Waals surface area contributed by atoms with Gasteiger partial charge < -0.3 is 14.9 Å². The Morgan fingerprint density at radius 1 is 1.31 bits per heavy atom. The Bertz CT molecular complexity index is 299. The fraction of sp³-hybridized carbons (Fsp3) is 0.538. The fourth-order valence-electron chi connectivity index (χ4n) is 1.46. The normalized spacial score (nSPS) is 12.4. The zero-order chi connectivity index (χ0) is 11.8. The first kappa shape index (κ1) is 13.0. The summed E-state index contributed by atoms with van der Waals surface area (Å²) in [6, 6.07) is 7.64. The molecule has 0 amide bonds. The molecule has 0 aliphatic carbocycles. The summed E-state index contributed by atoms with van der Waals surface area (Å²) in [4.78, 5) is 0. The van der Waals surface area contributed by atoms with Crippen LogP contribution in [0.4, 0.5) is 0 Å². The van der Waals surface area contributed by atoms with Gasteiger partial charge in [0.1, 0.15) is 5.75 Å². The van der Waals surface area contributed by atoms with Crippen molar-refractivity contribution in [1.82, 2.24) is 0 Å². The summed E-state index contributed by atoms with van der Waals surface area (Å²) in [6.45, 7) is 2.59. The minimum atomic E-state index is -0.712. The average molecular weight is 224 g/mol. The Morgan fingerprint density at radius 3 is 2.75 bits per heavy atom. The molecule has 1 aromatic carbocycles. The van der Waals surface area contributed by atoms with Gasteiger partial charge in [0, 0.05) is 6.42 Å². The maximum atomic E-state index is 9.40. The molecule has 1 rings (SSSR count). The van der Waals surface area contributed by atoms with Crippen LogP contribution in [0.2, 0.25) is 0 Å². The van der Waals surface area contributed by atoms with Gasteiger partial charge in [-0.25, -0.2) is 0 Å². The molecule has 0 bridgehead atoms. The molecule has 0 aliphatic heterocycles. The van der Waals surface area contributed by atoms with E-state index >= 15 is 0 Å². The van der Waals surface area contributed by atoms with E-state index in [1.165, 1.54) is 0 Å². The maximum Gasteiger partial charge on any atom is 0.122 e. The summed E-state index contributed by atoms with van der Waals surface area (Å²) in [5.74, 6) is 0.809. The van der Waals surface area contributed by atoms with Crippen LogP contribution in [-0.2, 0) is 6.42 Å². The van der Waals surface area contributed by atoms with Gasteiger partial charge in [-0.1, -0.05) is 31.5 Å². The molecular weight excluding hydrogens is 204 g/mol. The standard InChI is InChI=1S/C13H20O3/c1-2-3-8-16-13-7-5-4-6-11(13)9-12(15)10-14/h4-7,12,14-15H,2-3,8-10H2,1H3. The monoisotopic (exact) mass is 224 g/mol. The molecule has 3 nitrogen and oxygen atoms in total. The SMILES string of the molecule is CCCCOc1ccccc1CC(O)CO. The van der Waals surface area contributed by atoms with Crippen molar-refractivity contribution < 1.29 is 14.9 Å². The Kier molecular flexibility index (Phi) is 5.90. The lowest BCUT2D eigenvalue weighted by atomic mass is 10.1. The molecule has 90 valence electrons. The van der Waals surface area contributed by atoms with E-state index < -0.39 is 6.10 Å². The quantitative estimate of drug-likeness (QED) is 0.694. The highest BCUT2D eigenvalue weighted by Crippen LogP contribution is 2.19. The second-order valence-corrected chi connectivity index (χ2v) is 3.85. The van der Waals surface area contributed by atoms with Crippen LogP contribution >= 0.6 is 0 Å². The van der Waals surface area contributed by atoms with E-state index in [0.29, 0.717) is 13.0 Å². The number of unbranched alkanes of at least 4 members (excludes halogenated alkanes) is 1. The maximum absolute atomic E-state index is 9.40. The molecule has 1 unspecified atom stereocenters. The van der Waals surface area contributed by atoms with Gasteiger partial charge in [-0.15, -0.1) is 0 Å². The van der Waals surface area contributed by atoms with Gasteiger partial charge in [-0.3, -0.25) is 0 Å². The highest BCUT2D eigenvalue weighted by Gasteiger charge is 2.08. The van der Waals surface area contributed by atoms with E-state index in [1.807, 2.05) is 24.3 Å². The van der Waals surface area contributed by atoms with Crippen LogP contribution in [0.25, 0.3) is 0 Å². The summed E-state index contributed by atoms with van der Waals surface area (Å²) in [5.41, 5.74) is 0.945. The molecule has 1 atom stereocenters. The Hall–Kier alpha value is -1.06. The Balaban J connectivity index is 2.60. The summed E-state index contributed by atoms with van der Waals surface area (Å²) in [7, 11) is 0. The van der Waals surface area contributed by atoms with Crippen LogP contribution in [0, 0.1) is 0 Å². The molecule has 2 N–H and O–H groups in total. The molecule has 0 saturated heterocycles. The molecule has 0 heterocycles. The van der Waals surface area contributed by atoms with Crippen LogP contribution in [0.5, 0.6) is 5.75 Å². The van der Waals surface area contributed by atoms with Crippen LogP contribution < -0.4 is 4.74 Å². The smallest absolute Gasteiger partial charge is 0.122 e. The van der Waals surface area contributed by atoms with Gasteiger partial charge in [0.05, 0.1) is 19.3 Å². The number of para-hydroxylation sites is 1. The van der Waals surface area contributed by atoms with Crippen molar-refractivity contribution in [3.8, 4) is 5.75 Å². The second-order valence-electron chi connectivity index (χ2n) is 3.85. The predicted molar refractivity (Wildman–Crippen MR) is 63.6 cm³/mol. The van der Waals surface area contributed by atoms with Gasteiger partial charge in [0.2, 0.25) is 0 Å². The van der Waals surface area contributed by atoms with Crippen molar-refractivity contribution in [3.63, 3.8) is 0 Å². The van der Waals surface area contributed by atoms with Crippen molar-refractivity contribution in [2.75, 3.05) is 13.2 Å². The summed E-state index contributed by atoms with van der Waals surface area (Å²) in [6.07, 6.45) is 1.84. The van der Waals surface area contributed by atoms with Gasteiger partial charge >= 0.3 is 0 Å². The highest BCUT2D eigenvalue weighted by atomic mass is 16.5. The minimum absolute atomic E-state index is 0.219. The van der Waals surface area contributed by atoms with Crippen molar-refractivity contribution in [3.05, 3.63) is 29.8 Å². The lowest BCUT2D eigenvalue weighted by Crippen LogP contribution is -2.15. The van der Waals surface area contributed by atoms with Gasteiger partial charge in [0.25, 0.3) is 0 Å². The average Bonchev–Trinajstić information content (AvgIpc) is 2.31. The van der Waals surface area contributed by atoms with Crippen molar-refractivity contribution >= 4 is 0 Å². The molecular formula is C13H20O3. The molecule has 0 spiro atoms. The molecule has 0 radical (unpaired) electrons. The van der Waals surface area contributed by atoms with Gasteiger partial charge in [-0.2, -0.15) is 0 Å². The third-order valence-electron chi connectivity index (χ3n) is 2.39. The highest BCUT2D eigenvalue weighted by molar-refractivity contribution is 5.33. The summed E-state index contributed by atoms with van der Waals surface area (Å²) in [5, 5.41) is 18.2. The van der Waals surface area contributed by atoms with Crippen LogP contribution in [0.15, 0.2) is 24.3 Å². The zero-order valence-corrected chi connectivity index (χ0v) is 9.72. The third kappa shape index (κ3) is 4.21. The number of rotatable bonds is 7. The first-order valence-electron chi connectivity index (χ1n) is 5.77. The zero-order valence-electron chi connectivity index (χ0n) is 9.72. The third-order valence-corrected chi connectivity index (χ3v) is 2.39. The second kappa shape index (κ2) is 7.25.